The van der Waals surface area contributed by atoms with E-state index in [4.69, 9.17) is 4.74 Å². The second kappa shape index (κ2) is 7.47. The van der Waals surface area contributed by atoms with Crippen LogP contribution in [-0.2, 0) is 6.54 Å². The zero-order chi connectivity index (χ0) is 15.4. The highest BCUT2D eigenvalue weighted by molar-refractivity contribution is 5.33. The number of likely N-dealkylation sites (tertiary alicyclic amines) is 1. The van der Waals surface area contributed by atoms with Crippen molar-refractivity contribution in [3.05, 3.63) is 29.8 Å². The average molecular weight is 303 g/mol. The van der Waals surface area contributed by atoms with Crippen molar-refractivity contribution in [2.45, 2.75) is 64.2 Å². The topological polar surface area (TPSA) is 32.7 Å². The van der Waals surface area contributed by atoms with Crippen LogP contribution in [0, 0.1) is 5.92 Å². The summed E-state index contributed by atoms with van der Waals surface area (Å²) < 4.78 is 6.24. The molecule has 122 valence electrons. The number of aliphatic hydroxyl groups is 1. The molecule has 3 rings (SSSR count). The predicted octanol–water partition coefficient (Wildman–Crippen LogP) is 3.60. The van der Waals surface area contributed by atoms with Gasteiger partial charge in [0.25, 0.3) is 0 Å². The number of piperidine rings is 1. The van der Waals surface area contributed by atoms with Gasteiger partial charge in [-0.25, -0.2) is 0 Å². The van der Waals surface area contributed by atoms with Crippen LogP contribution < -0.4 is 4.74 Å². The van der Waals surface area contributed by atoms with Gasteiger partial charge < -0.3 is 9.84 Å². The first-order valence-electron chi connectivity index (χ1n) is 8.87. The second-order valence-electron chi connectivity index (χ2n) is 6.99. The van der Waals surface area contributed by atoms with Crippen LogP contribution in [0.25, 0.3) is 0 Å². The maximum absolute atomic E-state index is 9.72. The monoisotopic (exact) mass is 303 g/mol. The largest absolute Gasteiger partial charge is 0.490 e. The number of ether oxygens (including phenoxy) is 1. The Morgan fingerprint density at radius 3 is 2.50 bits per heavy atom. The lowest BCUT2D eigenvalue weighted by molar-refractivity contribution is 0.0690. The van der Waals surface area contributed by atoms with E-state index in [0.29, 0.717) is 12.0 Å². The van der Waals surface area contributed by atoms with Crippen molar-refractivity contribution >= 4 is 0 Å². The maximum Gasteiger partial charge on any atom is 0.124 e. The normalized spacial score (nSPS) is 22.8. The summed E-state index contributed by atoms with van der Waals surface area (Å²) in [7, 11) is 0. The Bertz CT molecular complexity index is 460. The van der Waals surface area contributed by atoms with Crippen molar-refractivity contribution in [2.24, 2.45) is 5.92 Å². The fraction of sp³-hybridized carbons (Fsp3) is 0.684. The van der Waals surface area contributed by atoms with Crippen LogP contribution in [0.3, 0.4) is 0 Å². The van der Waals surface area contributed by atoms with Crippen LogP contribution in [0.5, 0.6) is 5.75 Å². The smallest absolute Gasteiger partial charge is 0.124 e. The van der Waals surface area contributed by atoms with Gasteiger partial charge in [0.2, 0.25) is 0 Å². The summed E-state index contributed by atoms with van der Waals surface area (Å²) >= 11 is 0. The third-order valence-corrected chi connectivity index (χ3v) is 5.28. The molecule has 0 amide bonds. The van der Waals surface area contributed by atoms with Crippen molar-refractivity contribution in [3.63, 3.8) is 0 Å². The van der Waals surface area contributed by atoms with Gasteiger partial charge in [-0.1, -0.05) is 18.2 Å². The summed E-state index contributed by atoms with van der Waals surface area (Å²) in [5.41, 5.74) is 1.31. The maximum atomic E-state index is 9.72. The summed E-state index contributed by atoms with van der Waals surface area (Å²) in [5.74, 6) is 1.55. The van der Waals surface area contributed by atoms with E-state index in [0.717, 1.165) is 38.2 Å². The minimum absolute atomic E-state index is 0.167. The van der Waals surface area contributed by atoms with E-state index >= 15 is 0 Å². The van der Waals surface area contributed by atoms with E-state index in [1.165, 1.54) is 31.2 Å². The van der Waals surface area contributed by atoms with Crippen LogP contribution in [0.15, 0.2) is 24.3 Å². The number of benzene rings is 1. The van der Waals surface area contributed by atoms with Gasteiger partial charge in [-0.3, -0.25) is 4.90 Å². The quantitative estimate of drug-likeness (QED) is 0.902. The van der Waals surface area contributed by atoms with Gasteiger partial charge >= 0.3 is 0 Å². The second-order valence-corrected chi connectivity index (χ2v) is 6.99. The summed E-state index contributed by atoms with van der Waals surface area (Å²) in [6.45, 7) is 5.04. The molecule has 1 aromatic carbocycles. The zero-order valence-electron chi connectivity index (χ0n) is 13.7. The highest BCUT2D eigenvalue weighted by Crippen LogP contribution is 2.28. The molecule has 0 aromatic heterocycles. The molecule has 1 unspecified atom stereocenters. The van der Waals surface area contributed by atoms with Gasteiger partial charge in [-0.15, -0.1) is 0 Å². The van der Waals surface area contributed by atoms with E-state index in [1.54, 1.807) is 0 Å². The number of hydrogen-bond donors (Lipinski definition) is 1. The molecule has 1 saturated carbocycles. The Labute approximate surface area is 134 Å². The SMILES string of the molecule is CC(O)C1CCN(Cc2ccccc2OC2CCCC2)CC1. The van der Waals surface area contributed by atoms with Crippen molar-refractivity contribution in [2.75, 3.05) is 13.1 Å². The Kier molecular flexibility index (Phi) is 5.37. The Balaban J connectivity index is 1.58. The molecule has 1 atom stereocenters. The molecule has 1 saturated heterocycles. The molecule has 1 aromatic rings. The van der Waals surface area contributed by atoms with E-state index in [2.05, 4.69) is 29.2 Å². The van der Waals surface area contributed by atoms with Gasteiger partial charge in [-0.05, 0) is 70.5 Å². The van der Waals surface area contributed by atoms with Crippen molar-refractivity contribution in [1.82, 2.24) is 4.90 Å². The van der Waals surface area contributed by atoms with E-state index in [9.17, 15) is 5.11 Å². The lowest BCUT2D eigenvalue weighted by atomic mass is 9.92. The van der Waals surface area contributed by atoms with Gasteiger partial charge in [0.05, 0.1) is 12.2 Å². The molecule has 22 heavy (non-hydrogen) atoms. The van der Waals surface area contributed by atoms with Crippen LogP contribution >= 0.6 is 0 Å². The predicted molar refractivity (Wildman–Crippen MR) is 89.0 cm³/mol. The highest BCUT2D eigenvalue weighted by Gasteiger charge is 2.23. The molecule has 0 bridgehead atoms. The van der Waals surface area contributed by atoms with Crippen LogP contribution in [0.2, 0.25) is 0 Å². The van der Waals surface area contributed by atoms with Crippen LogP contribution in [0.1, 0.15) is 51.0 Å². The Morgan fingerprint density at radius 2 is 1.82 bits per heavy atom. The number of para-hydroxylation sites is 1. The van der Waals surface area contributed by atoms with E-state index in [-0.39, 0.29) is 6.10 Å². The molecule has 1 heterocycles. The molecule has 1 aliphatic heterocycles. The standard InChI is InChI=1S/C19H29NO2/c1-15(21)16-10-12-20(13-11-16)14-17-6-2-5-9-19(17)22-18-7-3-4-8-18/h2,5-6,9,15-16,18,21H,3-4,7-8,10-14H2,1H3. The number of rotatable bonds is 5. The van der Waals surface area contributed by atoms with E-state index < -0.39 is 0 Å². The minimum atomic E-state index is -0.167. The fourth-order valence-electron chi connectivity index (χ4n) is 3.77. The lowest BCUT2D eigenvalue weighted by Gasteiger charge is -2.33. The Hall–Kier alpha value is -1.06. The molecule has 0 spiro atoms. The first-order valence-corrected chi connectivity index (χ1v) is 8.87. The lowest BCUT2D eigenvalue weighted by Crippen LogP contribution is -2.36. The molecule has 3 heteroatoms. The third kappa shape index (κ3) is 4.02. The minimum Gasteiger partial charge on any atom is -0.490 e. The molecule has 1 aliphatic carbocycles. The van der Waals surface area contributed by atoms with Crippen molar-refractivity contribution in [3.8, 4) is 5.75 Å². The summed E-state index contributed by atoms with van der Waals surface area (Å²) in [4.78, 5) is 2.50. The van der Waals surface area contributed by atoms with Gasteiger partial charge in [0.1, 0.15) is 5.75 Å². The first-order chi connectivity index (χ1) is 10.7. The fourth-order valence-corrected chi connectivity index (χ4v) is 3.77. The molecule has 0 radical (unpaired) electrons. The van der Waals surface area contributed by atoms with E-state index in [1.807, 2.05) is 6.92 Å². The molecule has 2 fully saturated rings. The average Bonchev–Trinajstić information content (AvgIpc) is 3.03. The number of nitrogens with zero attached hydrogens (tertiary/aromatic N) is 1. The highest BCUT2D eigenvalue weighted by atomic mass is 16.5. The summed E-state index contributed by atoms with van der Waals surface area (Å²) in [6, 6.07) is 8.51. The first kappa shape index (κ1) is 15.8. The summed E-state index contributed by atoms with van der Waals surface area (Å²) in [6.07, 6.45) is 7.47. The molecule has 3 nitrogen and oxygen atoms in total. The van der Waals surface area contributed by atoms with Gasteiger partial charge in [-0.2, -0.15) is 0 Å². The Morgan fingerprint density at radius 1 is 1.14 bits per heavy atom. The molecule has 2 aliphatic rings. The molecule has 1 N–H and O–H groups in total. The van der Waals surface area contributed by atoms with Crippen LogP contribution in [0.4, 0.5) is 0 Å². The third-order valence-electron chi connectivity index (χ3n) is 5.28. The van der Waals surface area contributed by atoms with Crippen molar-refractivity contribution in [1.29, 1.82) is 0 Å². The van der Waals surface area contributed by atoms with Crippen molar-refractivity contribution < 1.29 is 9.84 Å². The molecular weight excluding hydrogens is 274 g/mol. The number of hydrogen-bond acceptors (Lipinski definition) is 3. The van der Waals surface area contributed by atoms with Gasteiger partial charge in [0, 0.05) is 12.1 Å². The zero-order valence-corrected chi connectivity index (χ0v) is 13.7. The molecular formula is C19H29NO2. The summed E-state index contributed by atoms with van der Waals surface area (Å²) in [5, 5.41) is 9.72. The van der Waals surface area contributed by atoms with Gasteiger partial charge in [0.15, 0.2) is 0 Å². The van der Waals surface area contributed by atoms with Crippen LogP contribution in [-0.4, -0.2) is 35.3 Å². The number of aliphatic hydroxyl groups excluding tert-OH is 1.